The number of carbonyl (C=O) groups is 1. The van der Waals surface area contributed by atoms with Crippen molar-refractivity contribution in [2.75, 3.05) is 5.75 Å². The maximum atomic E-state index is 10.1. The number of rotatable bonds is 2. The second kappa shape index (κ2) is 8.56. The summed E-state index contributed by atoms with van der Waals surface area (Å²) in [5, 5.41) is -0.279. The third-order valence-electron chi connectivity index (χ3n) is 0.559. The molecule has 0 aliphatic rings. The van der Waals surface area contributed by atoms with E-state index < -0.39 is 0 Å². The minimum atomic E-state index is -0.279. The molecular formula is C7H15NOS. The van der Waals surface area contributed by atoms with Crippen molar-refractivity contribution in [3.05, 3.63) is 13.2 Å². The Kier molecular flexibility index (Phi) is 10.5. The maximum absolute atomic E-state index is 10.1. The number of hydrogen-bond donors (Lipinski definition) is 1. The second-order valence-corrected chi connectivity index (χ2v) is 3.05. The number of hydrogen-bond acceptors (Lipinski definition) is 2. The first-order chi connectivity index (χ1) is 4.63. The summed E-state index contributed by atoms with van der Waals surface area (Å²) in [4.78, 5) is 10.1. The zero-order chi connectivity index (χ0) is 8.57. The lowest BCUT2D eigenvalue weighted by Gasteiger charge is -1.97. The van der Waals surface area contributed by atoms with Crippen molar-refractivity contribution >= 4 is 17.0 Å². The molecule has 3 heteroatoms. The molecule has 0 saturated carbocycles. The highest BCUT2D eigenvalue weighted by atomic mass is 32.2. The van der Waals surface area contributed by atoms with Gasteiger partial charge in [-0.3, -0.25) is 4.79 Å². The van der Waals surface area contributed by atoms with Crippen molar-refractivity contribution in [2.45, 2.75) is 13.8 Å². The highest BCUT2D eigenvalue weighted by Crippen LogP contribution is 2.05. The third-order valence-corrected chi connectivity index (χ3v) is 1.68. The van der Waals surface area contributed by atoms with Gasteiger partial charge in [0.05, 0.1) is 0 Å². The van der Waals surface area contributed by atoms with E-state index in [-0.39, 0.29) is 5.24 Å². The highest BCUT2D eigenvalue weighted by Gasteiger charge is 1.96. The standard InChI is InChI=1S/C5H11NOS.C2H4/c1-4(2)3-8-5(6)7;1-2/h4H,3H2,1-2H3,(H2,6,7);1-2H2. The quantitative estimate of drug-likeness (QED) is 0.631. The molecule has 0 aromatic rings. The Balaban J connectivity index is 0. The summed E-state index contributed by atoms with van der Waals surface area (Å²) in [5.41, 5.74) is 4.86. The summed E-state index contributed by atoms with van der Waals surface area (Å²) in [7, 11) is 0. The molecule has 2 nitrogen and oxygen atoms in total. The highest BCUT2D eigenvalue weighted by molar-refractivity contribution is 8.13. The summed E-state index contributed by atoms with van der Waals surface area (Å²) in [6.45, 7) is 10.1. The molecule has 60 valence electrons. The van der Waals surface area contributed by atoms with Crippen LogP contribution < -0.4 is 5.73 Å². The van der Waals surface area contributed by atoms with Gasteiger partial charge in [0.15, 0.2) is 0 Å². The summed E-state index contributed by atoms with van der Waals surface area (Å²) in [6.07, 6.45) is 0. The lowest BCUT2D eigenvalue weighted by atomic mass is 10.3. The molecule has 0 bridgehead atoms. The molecule has 0 rings (SSSR count). The minimum Gasteiger partial charge on any atom is -0.361 e. The van der Waals surface area contributed by atoms with Crippen LogP contribution in [-0.4, -0.2) is 11.0 Å². The molecule has 10 heavy (non-hydrogen) atoms. The Morgan fingerprint density at radius 2 is 2.00 bits per heavy atom. The number of thioether (sulfide) groups is 1. The van der Waals surface area contributed by atoms with Gasteiger partial charge in [0, 0.05) is 5.75 Å². The Bertz CT molecular complexity index is 93.6. The number of carbonyl (C=O) groups excluding carboxylic acids is 1. The first-order valence-electron chi connectivity index (χ1n) is 3.05. The molecule has 0 aromatic carbocycles. The maximum Gasteiger partial charge on any atom is 0.276 e. The fraction of sp³-hybridized carbons (Fsp3) is 0.571. The van der Waals surface area contributed by atoms with Crippen LogP contribution in [0, 0.1) is 5.92 Å². The molecule has 0 fully saturated rings. The predicted molar refractivity (Wildman–Crippen MR) is 48.1 cm³/mol. The van der Waals surface area contributed by atoms with Crippen LogP contribution in [0.3, 0.4) is 0 Å². The largest absolute Gasteiger partial charge is 0.361 e. The number of amides is 1. The lowest BCUT2D eigenvalue weighted by molar-refractivity contribution is 0.267. The second-order valence-electron chi connectivity index (χ2n) is 2.02. The van der Waals surface area contributed by atoms with E-state index in [4.69, 9.17) is 5.73 Å². The molecule has 2 N–H and O–H groups in total. The van der Waals surface area contributed by atoms with Gasteiger partial charge in [-0.25, -0.2) is 0 Å². The van der Waals surface area contributed by atoms with Gasteiger partial charge in [0.2, 0.25) is 0 Å². The molecular weight excluding hydrogens is 146 g/mol. The summed E-state index contributed by atoms with van der Waals surface area (Å²) < 4.78 is 0. The van der Waals surface area contributed by atoms with E-state index in [1.165, 1.54) is 11.8 Å². The van der Waals surface area contributed by atoms with Gasteiger partial charge in [0.25, 0.3) is 5.24 Å². The van der Waals surface area contributed by atoms with Gasteiger partial charge in [-0.05, 0) is 5.92 Å². The monoisotopic (exact) mass is 161 g/mol. The molecule has 0 aromatic heterocycles. The van der Waals surface area contributed by atoms with Crippen molar-refractivity contribution in [1.29, 1.82) is 0 Å². The van der Waals surface area contributed by atoms with Crippen LogP contribution in [0.4, 0.5) is 4.79 Å². The molecule has 1 amide bonds. The van der Waals surface area contributed by atoms with Gasteiger partial charge in [-0.15, -0.1) is 13.2 Å². The first-order valence-corrected chi connectivity index (χ1v) is 4.03. The number of nitrogens with two attached hydrogens (primary N) is 1. The zero-order valence-corrected chi connectivity index (χ0v) is 7.41. The Morgan fingerprint density at radius 1 is 1.60 bits per heavy atom. The molecule has 0 radical (unpaired) electrons. The molecule has 0 atom stereocenters. The van der Waals surface area contributed by atoms with E-state index in [9.17, 15) is 4.79 Å². The molecule has 0 unspecified atom stereocenters. The normalized spacial score (nSPS) is 8.30. The topological polar surface area (TPSA) is 43.1 Å². The van der Waals surface area contributed by atoms with E-state index in [2.05, 4.69) is 27.0 Å². The SMILES string of the molecule is C=C.CC(C)CSC(N)=O. The van der Waals surface area contributed by atoms with Crippen LogP contribution in [0.15, 0.2) is 13.2 Å². The van der Waals surface area contributed by atoms with Crippen LogP contribution in [0.1, 0.15) is 13.8 Å². The molecule has 0 aliphatic carbocycles. The van der Waals surface area contributed by atoms with Gasteiger partial charge in [-0.1, -0.05) is 25.6 Å². The molecule has 0 aliphatic heterocycles. The van der Waals surface area contributed by atoms with E-state index >= 15 is 0 Å². The Hall–Kier alpha value is -0.440. The fourth-order valence-corrected chi connectivity index (χ4v) is 0.746. The minimum absolute atomic E-state index is 0.279. The first kappa shape index (κ1) is 12.3. The van der Waals surface area contributed by atoms with Crippen LogP contribution in [0.5, 0.6) is 0 Å². The van der Waals surface area contributed by atoms with Gasteiger partial charge in [0.1, 0.15) is 0 Å². The van der Waals surface area contributed by atoms with Crippen LogP contribution >= 0.6 is 11.8 Å². The number of primary amides is 1. The predicted octanol–water partition coefficient (Wildman–Crippen LogP) is 2.26. The average Bonchev–Trinajstić information content (AvgIpc) is 1.89. The van der Waals surface area contributed by atoms with Gasteiger partial charge in [-0.2, -0.15) is 0 Å². The summed E-state index contributed by atoms with van der Waals surface area (Å²) in [6, 6.07) is 0. The van der Waals surface area contributed by atoms with Crippen LogP contribution in [-0.2, 0) is 0 Å². The van der Waals surface area contributed by atoms with Crippen molar-refractivity contribution < 1.29 is 4.79 Å². The van der Waals surface area contributed by atoms with Crippen LogP contribution in [0.2, 0.25) is 0 Å². The zero-order valence-electron chi connectivity index (χ0n) is 6.59. The van der Waals surface area contributed by atoms with Gasteiger partial charge < -0.3 is 5.73 Å². The summed E-state index contributed by atoms with van der Waals surface area (Å²) in [5.74, 6) is 1.38. The van der Waals surface area contributed by atoms with Crippen LogP contribution in [0.25, 0.3) is 0 Å². The van der Waals surface area contributed by atoms with E-state index in [0.29, 0.717) is 5.92 Å². The fourth-order valence-electron chi connectivity index (χ4n) is 0.249. The van der Waals surface area contributed by atoms with Crippen molar-refractivity contribution in [3.8, 4) is 0 Å². The van der Waals surface area contributed by atoms with Gasteiger partial charge >= 0.3 is 0 Å². The molecule has 0 spiro atoms. The van der Waals surface area contributed by atoms with Crippen molar-refractivity contribution in [3.63, 3.8) is 0 Å². The van der Waals surface area contributed by atoms with Crippen molar-refractivity contribution in [2.24, 2.45) is 11.7 Å². The lowest BCUT2D eigenvalue weighted by Crippen LogP contribution is -2.05. The smallest absolute Gasteiger partial charge is 0.276 e. The van der Waals surface area contributed by atoms with E-state index in [1.807, 2.05) is 0 Å². The Morgan fingerprint density at radius 3 is 2.10 bits per heavy atom. The average molecular weight is 161 g/mol. The third kappa shape index (κ3) is 15.6. The molecule has 0 saturated heterocycles. The molecule has 0 heterocycles. The van der Waals surface area contributed by atoms with Crippen molar-refractivity contribution in [1.82, 2.24) is 0 Å². The summed E-state index contributed by atoms with van der Waals surface area (Å²) >= 11 is 1.18. The van der Waals surface area contributed by atoms with E-state index in [1.54, 1.807) is 0 Å². The van der Waals surface area contributed by atoms with E-state index in [0.717, 1.165) is 5.75 Å². The Labute approximate surface area is 66.9 Å².